The molecule has 1 aliphatic rings. The molecule has 1 atom stereocenters. The molecule has 0 N–H and O–H groups in total. The average molecular weight is 317 g/mol. The number of benzene rings is 1. The Morgan fingerprint density at radius 2 is 2.22 bits per heavy atom. The minimum absolute atomic E-state index is 0.0896. The van der Waals surface area contributed by atoms with Crippen molar-refractivity contribution >= 4 is 5.91 Å². The molecular weight excluding hydrogens is 290 g/mol. The zero-order chi connectivity index (χ0) is 16.7. The van der Waals surface area contributed by atoms with Crippen molar-refractivity contribution in [3.63, 3.8) is 0 Å². The third-order valence-corrected chi connectivity index (χ3v) is 4.23. The van der Waals surface area contributed by atoms with Gasteiger partial charge in [-0.2, -0.15) is 0 Å². The van der Waals surface area contributed by atoms with E-state index in [2.05, 4.69) is 0 Å². The van der Waals surface area contributed by atoms with E-state index >= 15 is 0 Å². The quantitative estimate of drug-likeness (QED) is 0.726. The summed E-state index contributed by atoms with van der Waals surface area (Å²) >= 11 is 0. The summed E-state index contributed by atoms with van der Waals surface area (Å²) in [5.74, 6) is 1.43. The van der Waals surface area contributed by atoms with Gasteiger partial charge in [0.15, 0.2) is 0 Å². The van der Waals surface area contributed by atoms with Gasteiger partial charge in [-0.05, 0) is 38.3 Å². The van der Waals surface area contributed by atoms with E-state index in [0.29, 0.717) is 5.92 Å². The molecule has 0 saturated carbocycles. The van der Waals surface area contributed by atoms with Gasteiger partial charge in [-0.3, -0.25) is 4.79 Å². The fourth-order valence-corrected chi connectivity index (χ4v) is 2.92. The molecule has 2 rings (SSSR count). The predicted octanol–water partition coefficient (Wildman–Crippen LogP) is 3.07. The van der Waals surface area contributed by atoms with Gasteiger partial charge in [0.25, 0.3) is 0 Å². The minimum Gasteiger partial charge on any atom is -0.496 e. The predicted molar refractivity (Wildman–Crippen MR) is 91.6 cm³/mol. The van der Waals surface area contributed by atoms with Gasteiger partial charge in [0.05, 0.1) is 13.7 Å². The highest BCUT2D eigenvalue weighted by molar-refractivity contribution is 5.88. The SMILES string of the molecule is CCN(C[C@@H]1CCOC1)C(=O)/C=C(\C)Cc1ccccc1OC. The van der Waals surface area contributed by atoms with E-state index in [0.717, 1.165) is 56.0 Å². The monoisotopic (exact) mass is 317 g/mol. The van der Waals surface area contributed by atoms with Crippen molar-refractivity contribution in [3.05, 3.63) is 41.5 Å². The number of amides is 1. The average Bonchev–Trinajstić information content (AvgIpc) is 3.06. The van der Waals surface area contributed by atoms with Crippen LogP contribution in [0.4, 0.5) is 0 Å². The molecule has 0 bridgehead atoms. The molecule has 126 valence electrons. The van der Waals surface area contributed by atoms with Crippen molar-refractivity contribution in [3.8, 4) is 5.75 Å². The molecule has 1 aromatic carbocycles. The second kappa shape index (κ2) is 8.73. The van der Waals surface area contributed by atoms with Crippen molar-refractivity contribution in [2.75, 3.05) is 33.4 Å². The van der Waals surface area contributed by atoms with Gasteiger partial charge in [0, 0.05) is 31.7 Å². The molecule has 1 aliphatic heterocycles. The number of rotatable bonds is 7. The highest BCUT2D eigenvalue weighted by Gasteiger charge is 2.20. The fraction of sp³-hybridized carbons (Fsp3) is 0.526. The molecule has 23 heavy (non-hydrogen) atoms. The maximum absolute atomic E-state index is 12.5. The lowest BCUT2D eigenvalue weighted by atomic mass is 10.0. The van der Waals surface area contributed by atoms with E-state index in [9.17, 15) is 4.79 Å². The number of methoxy groups -OCH3 is 1. The molecular formula is C19H27NO3. The molecule has 0 spiro atoms. The molecule has 1 aromatic rings. The van der Waals surface area contributed by atoms with Crippen LogP contribution in [0.5, 0.6) is 5.75 Å². The van der Waals surface area contributed by atoms with Crippen LogP contribution in [-0.2, 0) is 16.0 Å². The number of allylic oxidation sites excluding steroid dienone is 1. The zero-order valence-electron chi connectivity index (χ0n) is 14.4. The van der Waals surface area contributed by atoms with Crippen molar-refractivity contribution < 1.29 is 14.3 Å². The van der Waals surface area contributed by atoms with E-state index in [1.54, 1.807) is 13.2 Å². The molecule has 4 nitrogen and oxygen atoms in total. The van der Waals surface area contributed by atoms with E-state index in [4.69, 9.17) is 9.47 Å². The Balaban J connectivity index is 1.98. The molecule has 1 amide bonds. The minimum atomic E-state index is 0.0896. The Hall–Kier alpha value is -1.81. The van der Waals surface area contributed by atoms with Crippen LogP contribution in [-0.4, -0.2) is 44.2 Å². The van der Waals surface area contributed by atoms with Crippen LogP contribution in [0, 0.1) is 5.92 Å². The van der Waals surface area contributed by atoms with Crippen LogP contribution in [0.25, 0.3) is 0 Å². The van der Waals surface area contributed by atoms with E-state index in [-0.39, 0.29) is 5.91 Å². The summed E-state index contributed by atoms with van der Waals surface area (Å²) in [5, 5.41) is 0. The van der Waals surface area contributed by atoms with Crippen LogP contribution in [0.1, 0.15) is 25.8 Å². The third kappa shape index (κ3) is 5.10. The summed E-state index contributed by atoms with van der Waals surface area (Å²) < 4.78 is 10.8. The number of carbonyl (C=O) groups is 1. The molecule has 0 aromatic heterocycles. The molecule has 1 heterocycles. The highest BCUT2D eigenvalue weighted by Crippen LogP contribution is 2.21. The van der Waals surface area contributed by atoms with Gasteiger partial charge in [-0.1, -0.05) is 23.8 Å². The summed E-state index contributed by atoms with van der Waals surface area (Å²) in [7, 11) is 1.67. The van der Waals surface area contributed by atoms with Crippen LogP contribution < -0.4 is 4.74 Å². The first kappa shape index (κ1) is 17.5. The van der Waals surface area contributed by atoms with E-state index < -0.39 is 0 Å². The van der Waals surface area contributed by atoms with Crippen LogP contribution >= 0.6 is 0 Å². The van der Waals surface area contributed by atoms with Gasteiger partial charge in [0.2, 0.25) is 5.91 Å². The highest BCUT2D eigenvalue weighted by atomic mass is 16.5. The topological polar surface area (TPSA) is 38.8 Å². The summed E-state index contributed by atoms with van der Waals surface area (Å²) in [6.07, 6.45) is 3.53. The first-order valence-electron chi connectivity index (χ1n) is 8.29. The second-order valence-corrected chi connectivity index (χ2v) is 6.09. The Bertz CT molecular complexity index is 547. The first-order chi connectivity index (χ1) is 11.1. The van der Waals surface area contributed by atoms with Gasteiger partial charge in [-0.25, -0.2) is 0 Å². The van der Waals surface area contributed by atoms with Gasteiger partial charge in [0.1, 0.15) is 5.75 Å². The van der Waals surface area contributed by atoms with Crippen LogP contribution in [0.15, 0.2) is 35.9 Å². The lowest BCUT2D eigenvalue weighted by Crippen LogP contribution is -2.34. The third-order valence-electron chi connectivity index (χ3n) is 4.23. The number of carbonyl (C=O) groups excluding carboxylic acids is 1. The Labute approximate surface area is 139 Å². The number of nitrogens with zero attached hydrogens (tertiary/aromatic N) is 1. The number of para-hydroxylation sites is 1. The van der Waals surface area contributed by atoms with Crippen molar-refractivity contribution in [1.82, 2.24) is 4.90 Å². The standard InChI is InChI=1S/C19H27NO3/c1-4-20(13-16-9-10-23-14-16)19(21)12-15(2)11-17-7-5-6-8-18(17)22-3/h5-8,12,16H,4,9-11,13-14H2,1-3H3/b15-12+/t16-/m0/s1. The number of hydrogen-bond donors (Lipinski definition) is 0. The Morgan fingerprint density at radius 1 is 1.43 bits per heavy atom. The largest absolute Gasteiger partial charge is 0.496 e. The molecule has 0 radical (unpaired) electrons. The Kier molecular flexibility index (Phi) is 6.66. The lowest BCUT2D eigenvalue weighted by molar-refractivity contribution is -0.126. The van der Waals surface area contributed by atoms with Crippen molar-refractivity contribution in [2.24, 2.45) is 5.92 Å². The van der Waals surface area contributed by atoms with Crippen LogP contribution in [0.3, 0.4) is 0 Å². The first-order valence-corrected chi connectivity index (χ1v) is 8.29. The number of ether oxygens (including phenoxy) is 2. The lowest BCUT2D eigenvalue weighted by Gasteiger charge is -2.22. The number of likely N-dealkylation sites (N-methyl/N-ethyl adjacent to an activating group) is 1. The molecule has 1 fully saturated rings. The van der Waals surface area contributed by atoms with Gasteiger partial charge >= 0.3 is 0 Å². The Morgan fingerprint density at radius 3 is 2.87 bits per heavy atom. The van der Waals surface area contributed by atoms with E-state index in [1.807, 2.05) is 43.0 Å². The smallest absolute Gasteiger partial charge is 0.246 e. The summed E-state index contributed by atoms with van der Waals surface area (Å²) in [4.78, 5) is 14.4. The maximum Gasteiger partial charge on any atom is 0.246 e. The summed E-state index contributed by atoms with van der Waals surface area (Å²) in [6, 6.07) is 7.93. The molecule has 1 saturated heterocycles. The molecule has 0 aliphatic carbocycles. The normalized spacial score (nSPS) is 18.0. The maximum atomic E-state index is 12.5. The number of hydrogen-bond acceptors (Lipinski definition) is 3. The van der Waals surface area contributed by atoms with Crippen molar-refractivity contribution in [2.45, 2.75) is 26.7 Å². The van der Waals surface area contributed by atoms with Gasteiger partial charge in [-0.15, -0.1) is 0 Å². The van der Waals surface area contributed by atoms with Crippen molar-refractivity contribution in [1.29, 1.82) is 0 Å². The summed E-state index contributed by atoms with van der Waals surface area (Å²) in [5.41, 5.74) is 2.14. The zero-order valence-corrected chi connectivity index (χ0v) is 14.4. The fourth-order valence-electron chi connectivity index (χ4n) is 2.92. The molecule has 4 heteroatoms. The van der Waals surface area contributed by atoms with Crippen LogP contribution in [0.2, 0.25) is 0 Å². The van der Waals surface area contributed by atoms with Gasteiger partial charge < -0.3 is 14.4 Å². The van der Waals surface area contributed by atoms with E-state index in [1.165, 1.54) is 0 Å². The summed E-state index contributed by atoms with van der Waals surface area (Å²) in [6.45, 7) is 7.13. The molecule has 0 unspecified atom stereocenters. The second-order valence-electron chi connectivity index (χ2n) is 6.09.